The maximum absolute atomic E-state index is 12.2. The highest BCUT2D eigenvalue weighted by molar-refractivity contribution is 5.41. The lowest BCUT2D eigenvalue weighted by atomic mass is 10.1. The molecule has 0 bridgehead atoms. The first kappa shape index (κ1) is 14.4. The molecule has 0 aromatic carbocycles. The van der Waals surface area contributed by atoms with Gasteiger partial charge in [0.15, 0.2) is 0 Å². The zero-order valence-electron chi connectivity index (χ0n) is 10.9. The molecule has 0 amide bonds. The third-order valence-electron chi connectivity index (χ3n) is 2.73. The van der Waals surface area contributed by atoms with Crippen molar-refractivity contribution in [2.45, 2.75) is 19.5 Å². The minimum Gasteiger partial charge on any atom is -0.382 e. The fourth-order valence-corrected chi connectivity index (χ4v) is 1.80. The molecule has 1 N–H and O–H groups in total. The van der Waals surface area contributed by atoms with E-state index in [9.17, 15) is 13.2 Å². The lowest BCUT2D eigenvalue weighted by molar-refractivity contribution is -0.142. The van der Waals surface area contributed by atoms with E-state index in [1.807, 2.05) is 6.07 Å². The number of rotatable bonds is 5. The maximum Gasteiger partial charge on any atom is 0.389 e. The third-order valence-corrected chi connectivity index (χ3v) is 2.73. The van der Waals surface area contributed by atoms with E-state index in [1.54, 1.807) is 42.5 Å². The molecule has 1 atom stereocenters. The molecule has 0 aliphatic carbocycles. The predicted molar refractivity (Wildman–Crippen MR) is 69.7 cm³/mol. The Labute approximate surface area is 114 Å². The van der Waals surface area contributed by atoms with E-state index in [1.165, 1.54) is 0 Å². The van der Waals surface area contributed by atoms with E-state index in [0.717, 1.165) is 5.69 Å². The van der Waals surface area contributed by atoms with Crippen molar-refractivity contribution in [3.05, 3.63) is 36.9 Å². The van der Waals surface area contributed by atoms with E-state index in [4.69, 9.17) is 0 Å². The summed E-state index contributed by atoms with van der Waals surface area (Å²) in [5, 5.41) is 7.08. The van der Waals surface area contributed by atoms with Crippen LogP contribution in [0.4, 0.5) is 18.9 Å². The molecule has 0 saturated carbocycles. The second-order valence-electron chi connectivity index (χ2n) is 4.69. The zero-order valence-corrected chi connectivity index (χ0v) is 10.9. The van der Waals surface area contributed by atoms with Gasteiger partial charge >= 0.3 is 6.18 Å². The number of aromatic nitrogens is 3. The zero-order chi connectivity index (χ0) is 14.6. The van der Waals surface area contributed by atoms with Crippen LogP contribution >= 0.6 is 0 Å². The summed E-state index contributed by atoms with van der Waals surface area (Å²) in [5.41, 5.74) is 1.48. The second-order valence-corrected chi connectivity index (χ2v) is 4.69. The van der Waals surface area contributed by atoms with Crippen LogP contribution in [0, 0.1) is 5.92 Å². The summed E-state index contributed by atoms with van der Waals surface area (Å²) in [6.45, 7) is 1.81. The molecule has 0 saturated heterocycles. The number of nitrogens with one attached hydrogen (secondary N) is 1. The average Bonchev–Trinajstić information content (AvgIpc) is 2.84. The van der Waals surface area contributed by atoms with Gasteiger partial charge in [-0.25, -0.2) is 4.68 Å². The lowest BCUT2D eigenvalue weighted by Crippen LogP contribution is -2.19. The maximum atomic E-state index is 12.2. The first-order chi connectivity index (χ1) is 9.44. The van der Waals surface area contributed by atoms with Crippen molar-refractivity contribution < 1.29 is 13.2 Å². The first-order valence-electron chi connectivity index (χ1n) is 6.20. The van der Waals surface area contributed by atoms with Crippen molar-refractivity contribution in [1.82, 2.24) is 14.8 Å². The molecule has 0 aliphatic rings. The highest BCUT2D eigenvalue weighted by Crippen LogP contribution is 2.24. The van der Waals surface area contributed by atoms with Gasteiger partial charge in [-0.1, -0.05) is 6.92 Å². The molecule has 0 spiro atoms. The highest BCUT2D eigenvalue weighted by atomic mass is 19.4. The van der Waals surface area contributed by atoms with E-state index < -0.39 is 18.5 Å². The summed E-state index contributed by atoms with van der Waals surface area (Å²) in [7, 11) is 0. The average molecular weight is 284 g/mol. The van der Waals surface area contributed by atoms with E-state index in [-0.39, 0.29) is 6.54 Å². The van der Waals surface area contributed by atoms with Crippen LogP contribution in [-0.2, 0) is 0 Å². The van der Waals surface area contributed by atoms with Crippen molar-refractivity contribution in [2.24, 2.45) is 5.92 Å². The van der Waals surface area contributed by atoms with Gasteiger partial charge in [-0.15, -0.1) is 0 Å². The number of pyridine rings is 1. The number of hydrogen-bond acceptors (Lipinski definition) is 3. The molecule has 20 heavy (non-hydrogen) atoms. The Bertz CT molecular complexity index is 536. The number of hydrogen-bond donors (Lipinski definition) is 1. The number of halogens is 3. The van der Waals surface area contributed by atoms with Crippen LogP contribution in [-0.4, -0.2) is 27.5 Å². The molecule has 2 heterocycles. The lowest BCUT2D eigenvalue weighted by Gasteiger charge is -2.14. The van der Waals surface area contributed by atoms with Gasteiger partial charge in [0.2, 0.25) is 0 Å². The van der Waals surface area contributed by atoms with Gasteiger partial charge in [-0.05, 0) is 18.1 Å². The normalized spacial score (nSPS) is 13.2. The summed E-state index contributed by atoms with van der Waals surface area (Å²) in [4.78, 5) is 3.98. The molecule has 0 fully saturated rings. The van der Waals surface area contributed by atoms with Gasteiger partial charge in [-0.2, -0.15) is 18.3 Å². The Morgan fingerprint density at radius 3 is 2.80 bits per heavy atom. The summed E-state index contributed by atoms with van der Waals surface area (Å²) >= 11 is 0. The molecule has 2 rings (SSSR count). The quantitative estimate of drug-likeness (QED) is 0.916. The number of nitrogens with zero attached hydrogens (tertiary/aromatic N) is 3. The number of alkyl halides is 3. The molecule has 4 nitrogen and oxygen atoms in total. The summed E-state index contributed by atoms with van der Waals surface area (Å²) in [6, 6.07) is 3.63. The van der Waals surface area contributed by atoms with Gasteiger partial charge < -0.3 is 5.32 Å². The minimum absolute atomic E-state index is 0.248. The van der Waals surface area contributed by atoms with Gasteiger partial charge in [0.05, 0.1) is 30.0 Å². The van der Waals surface area contributed by atoms with Crippen molar-refractivity contribution in [1.29, 1.82) is 0 Å². The molecule has 1 unspecified atom stereocenters. The first-order valence-corrected chi connectivity index (χ1v) is 6.20. The fraction of sp³-hybridized carbons (Fsp3) is 0.385. The van der Waals surface area contributed by atoms with Crippen molar-refractivity contribution >= 4 is 5.69 Å². The Morgan fingerprint density at radius 2 is 2.15 bits per heavy atom. The number of anilines is 1. The van der Waals surface area contributed by atoms with Gasteiger partial charge in [0.25, 0.3) is 0 Å². The van der Waals surface area contributed by atoms with Crippen LogP contribution in [0.1, 0.15) is 13.3 Å². The highest BCUT2D eigenvalue weighted by Gasteiger charge is 2.29. The molecule has 0 radical (unpaired) electrons. The Morgan fingerprint density at radius 1 is 1.35 bits per heavy atom. The second kappa shape index (κ2) is 5.94. The minimum atomic E-state index is -4.12. The summed E-state index contributed by atoms with van der Waals surface area (Å²) in [5.74, 6) is -0.489. The topological polar surface area (TPSA) is 42.7 Å². The molecular weight excluding hydrogens is 269 g/mol. The van der Waals surface area contributed by atoms with Crippen molar-refractivity contribution in [3.63, 3.8) is 0 Å². The Kier molecular flexibility index (Phi) is 4.26. The molecule has 0 aliphatic heterocycles. The smallest absolute Gasteiger partial charge is 0.382 e. The SMILES string of the molecule is CC(CNc1cnn(-c2cccnc2)c1)CC(F)(F)F. The van der Waals surface area contributed by atoms with Crippen molar-refractivity contribution in [2.75, 3.05) is 11.9 Å². The van der Waals surface area contributed by atoms with E-state index >= 15 is 0 Å². The van der Waals surface area contributed by atoms with Crippen LogP contribution in [0.25, 0.3) is 5.69 Å². The summed E-state index contributed by atoms with van der Waals surface area (Å²) < 4.78 is 38.2. The van der Waals surface area contributed by atoms with E-state index in [0.29, 0.717) is 5.69 Å². The third kappa shape index (κ3) is 4.25. The van der Waals surface area contributed by atoms with Crippen molar-refractivity contribution in [3.8, 4) is 5.69 Å². The molecule has 7 heteroatoms. The molecule has 108 valence electrons. The van der Waals surface area contributed by atoms with Crippen LogP contribution in [0.2, 0.25) is 0 Å². The van der Waals surface area contributed by atoms with Crippen LogP contribution < -0.4 is 5.32 Å². The molecule has 2 aromatic rings. The fourth-order valence-electron chi connectivity index (χ4n) is 1.80. The van der Waals surface area contributed by atoms with E-state index in [2.05, 4.69) is 15.4 Å². The monoisotopic (exact) mass is 284 g/mol. The van der Waals surface area contributed by atoms with Crippen LogP contribution in [0.5, 0.6) is 0 Å². The molecular formula is C13H15F3N4. The van der Waals surface area contributed by atoms with Gasteiger partial charge in [-0.3, -0.25) is 4.98 Å². The Balaban J connectivity index is 1.91. The Hall–Kier alpha value is -2.05. The molecule has 2 aromatic heterocycles. The summed E-state index contributed by atoms with van der Waals surface area (Å²) in [6.07, 6.45) is 1.69. The van der Waals surface area contributed by atoms with Crippen LogP contribution in [0.15, 0.2) is 36.9 Å². The largest absolute Gasteiger partial charge is 0.389 e. The standard InChI is InChI=1S/C13H15F3N4/c1-10(5-13(14,15)16)6-18-11-7-19-20(9-11)12-3-2-4-17-8-12/h2-4,7-10,18H,5-6H2,1H3. The van der Waals surface area contributed by atoms with Gasteiger partial charge in [0.1, 0.15) is 0 Å². The predicted octanol–water partition coefficient (Wildman–Crippen LogP) is 3.27. The van der Waals surface area contributed by atoms with Gasteiger partial charge in [0, 0.05) is 19.2 Å². The van der Waals surface area contributed by atoms with Crippen LogP contribution in [0.3, 0.4) is 0 Å².